The number of hydrogen-bond acceptors (Lipinski definition) is 3. The first-order valence-electron chi connectivity index (χ1n) is 8.12. The number of aromatic nitrogens is 2. The van der Waals surface area contributed by atoms with Crippen LogP contribution in [0.1, 0.15) is 38.6 Å². The van der Waals surface area contributed by atoms with Crippen LogP contribution in [0.25, 0.3) is 11.3 Å². The molecule has 1 fully saturated rings. The van der Waals surface area contributed by atoms with Crippen molar-refractivity contribution in [2.45, 2.75) is 38.8 Å². The summed E-state index contributed by atoms with van der Waals surface area (Å²) in [6, 6.07) is 7.82. The molecular formula is C17H22BrN5O. The lowest BCUT2D eigenvalue weighted by Gasteiger charge is -2.30. The maximum absolute atomic E-state index is 12.6. The molecule has 2 amide bonds. The van der Waals surface area contributed by atoms with Gasteiger partial charge in [-0.05, 0) is 44.4 Å². The molecule has 128 valence electrons. The van der Waals surface area contributed by atoms with Crippen LogP contribution in [-0.2, 0) is 0 Å². The van der Waals surface area contributed by atoms with Crippen molar-refractivity contribution >= 4 is 22.0 Å². The van der Waals surface area contributed by atoms with Crippen LogP contribution in [0.5, 0.6) is 0 Å². The van der Waals surface area contributed by atoms with E-state index in [1.807, 2.05) is 49.2 Å². The molecule has 0 bridgehead atoms. The predicted octanol–water partition coefficient (Wildman–Crippen LogP) is 3.68. The van der Waals surface area contributed by atoms with Crippen molar-refractivity contribution < 1.29 is 4.79 Å². The highest BCUT2D eigenvalue weighted by Gasteiger charge is 2.34. The topological polar surface area (TPSA) is 78.2 Å². The molecule has 2 aromatic rings. The number of nitrogens with zero attached hydrogens (tertiary/aromatic N) is 3. The number of nitrogens with one attached hydrogen (secondary N) is 1. The molecule has 3 N–H and O–H groups in total. The summed E-state index contributed by atoms with van der Waals surface area (Å²) in [6.45, 7) is 4.52. The Bertz CT molecular complexity index is 712. The molecule has 0 aliphatic carbocycles. The van der Waals surface area contributed by atoms with E-state index in [1.165, 1.54) is 5.01 Å². The Kier molecular flexibility index (Phi) is 4.91. The number of likely N-dealkylation sites (tertiary alicyclic amines) is 1. The highest BCUT2D eigenvalue weighted by Crippen LogP contribution is 2.32. The van der Waals surface area contributed by atoms with Crippen molar-refractivity contribution in [1.82, 2.24) is 19.9 Å². The number of hydrogen-bond donors (Lipinski definition) is 2. The SMILES string of the molecule is CC(C)N(N)C(=O)N1CCCC1c1ncc(-c2ccc(Br)cc2)[nH]1. The molecule has 0 saturated carbocycles. The van der Waals surface area contributed by atoms with E-state index in [9.17, 15) is 4.79 Å². The molecule has 6 nitrogen and oxygen atoms in total. The van der Waals surface area contributed by atoms with Gasteiger partial charge >= 0.3 is 6.03 Å². The Balaban J connectivity index is 1.81. The summed E-state index contributed by atoms with van der Waals surface area (Å²) in [5.41, 5.74) is 2.01. The van der Waals surface area contributed by atoms with E-state index in [0.29, 0.717) is 6.54 Å². The van der Waals surface area contributed by atoms with Crippen molar-refractivity contribution in [2.24, 2.45) is 5.84 Å². The Morgan fingerprint density at radius 2 is 2.12 bits per heavy atom. The molecule has 1 saturated heterocycles. The highest BCUT2D eigenvalue weighted by molar-refractivity contribution is 9.10. The zero-order chi connectivity index (χ0) is 17.3. The van der Waals surface area contributed by atoms with Gasteiger partial charge in [-0.25, -0.2) is 15.6 Å². The van der Waals surface area contributed by atoms with Gasteiger partial charge in [-0.3, -0.25) is 5.01 Å². The number of carbonyl (C=O) groups excluding carboxylic acids is 1. The number of halogens is 1. The number of H-pyrrole nitrogens is 1. The quantitative estimate of drug-likeness (QED) is 0.475. The maximum Gasteiger partial charge on any atom is 0.335 e. The third kappa shape index (κ3) is 3.32. The smallest absolute Gasteiger partial charge is 0.335 e. The second-order valence-electron chi connectivity index (χ2n) is 6.32. The number of benzene rings is 1. The number of aromatic amines is 1. The number of nitrogens with two attached hydrogens (primary N) is 1. The average Bonchev–Trinajstić information content (AvgIpc) is 3.22. The van der Waals surface area contributed by atoms with Crippen molar-refractivity contribution in [3.05, 3.63) is 40.8 Å². The lowest BCUT2D eigenvalue weighted by molar-refractivity contribution is 0.135. The second-order valence-corrected chi connectivity index (χ2v) is 7.24. The minimum absolute atomic E-state index is 0.0336. The summed E-state index contributed by atoms with van der Waals surface area (Å²) < 4.78 is 1.04. The van der Waals surface area contributed by atoms with Crippen LogP contribution in [0, 0.1) is 0 Å². The van der Waals surface area contributed by atoms with E-state index in [1.54, 1.807) is 0 Å². The van der Waals surface area contributed by atoms with Crippen LogP contribution in [0.4, 0.5) is 4.79 Å². The number of imidazole rings is 1. The van der Waals surface area contributed by atoms with Crippen LogP contribution in [0.15, 0.2) is 34.9 Å². The molecule has 2 heterocycles. The van der Waals surface area contributed by atoms with Crippen molar-refractivity contribution in [2.75, 3.05) is 6.54 Å². The van der Waals surface area contributed by atoms with Crippen molar-refractivity contribution in [1.29, 1.82) is 0 Å². The molecule has 1 aromatic carbocycles. The fraction of sp³-hybridized carbons (Fsp3) is 0.412. The van der Waals surface area contributed by atoms with Crippen LogP contribution in [-0.4, -0.2) is 38.5 Å². The lowest BCUT2D eigenvalue weighted by atomic mass is 10.2. The van der Waals surface area contributed by atoms with E-state index < -0.39 is 0 Å². The standard InChI is InChI=1S/C17H22BrN5O/c1-11(2)23(19)17(24)22-9-3-4-15(22)16-20-10-14(21-16)12-5-7-13(18)8-6-12/h5-8,10-11,15H,3-4,9,19H2,1-2H3,(H,20,21). The molecule has 1 aliphatic rings. The normalized spacial score (nSPS) is 17.5. The molecular weight excluding hydrogens is 370 g/mol. The monoisotopic (exact) mass is 391 g/mol. The van der Waals surface area contributed by atoms with Crippen molar-refractivity contribution in [3.8, 4) is 11.3 Å². The van der Waals surface area contributed by atoms with Gasteiger partial charge in [-0.15, -0.1) is 0 Å². The fourth-order valence-corrected chi connectivity index (χ4v) is 3.20. The Labute approximate surface area is 150 Å². The van der Waals surface area contributed by atoms with E-state index >= 15 is 0 Å². The molecule has 0 radical (unpaired) electrons. The van der Waals surface area contributed by atoms with E-state index in [0.717, 1.165) is 34.4 Å². The lowest BCUT2D eigenvalue weighted by Crippen LogP contribution is -2.50. The number of rotatable bonds is 3. The van der Waals surface area contributed by atoms with Crippen LogP contribution >= 0.6 is 15.9 Å². The first-order valence-corrected chi connectivity index (χ1v) is 8.92. The van der Waals surface area contributed by atoms with Crippen LogP contribution < -0.4 is 5.84 Å². The minimum atomic E-state index is -0.144. The summed E-state index contributed by atoms with van der Waals surface area (Å²) in [5.74, 6) is 6.71. The molecule has 3 rings (SSSR count). The van der Waals surface area contributed by atoms with Gasteiger partial charge in [0.25, 0.3) is 0 Å². The van der Waals surface area contributed by atoms with Gasteiger partial charge in [-0.2, -0.15) is 0 Å². The van der Waals surface area contributed by atoms with Gasteiger partial charge in [0.15, 0.2) is 0 Å². The van der Waals surface area contributed by atoms with E-state index in [4.69, 9.17) is 5.84 Å². The van der Waals surface area contributed by atoms with Crippen LogP contribution in [0.2, 0.25) is 0 Å². The predicted molar refractivity (Wildman–Crippen MR) is 97.0 cm³/mol. The number of amides is 2. The Morgan fingerprint density at radius 1 is 1.42 bits per heavy atom. The molecule has 1 aromatic heterocycles. The Morgan fingerprint density at radius 3 is 2.79 bits per heavy atom. The average molecular weight is 392 g/mol. The molecule has 7 heteroatoms. The third-order valence-corrected chi connectivity index (χ3v) is 4.87. The van der Waals surface area contributed by atoms with Gasteiger partial charge in [0, 0.05) is 17.1 Å². The van der Waals surface area contributed by atoms with Crippen LogP contribution in [0.3, 0.4) is 0 Å². The number of urea groups is 1. The summed E-state index contributed by atoms with van der Waals surface area (Å²) in [7, 11) is 0. The van der Waals surface area contributed by atoms with E-state index in [-0.39, 0.29) is 18.1 Å². The zero-order valence-electron chi connectivity index (χ0n) is 13.9. The fourth-order valence-electron chi connectivity index (χ4n) is 2.93. The first kappa shape index (κ1) is 17.0. The Hall–Kier alpha value is -1.86. The first-order chi connectivity index (χ1) is 11.5. The molecule has 1 atom stereocenters. The number of hydrazine groups is 1. The number of carbonyl (C=O) groups is 1. The molecule has 1 aliphatic heterocycles. The van der Waals surface area contributed by atoms with E-state index in [2.05, 4.69) is 25.9 Å². The second kappa shape index (κ2) is 6.94. The largest absolute Gasteiger partial charge is 0.340 e. The molecule has 24 heavy (non-hydrogen) atoms. The van der Waals surface area contributed by atoms with Gasteiger partial charge < -0.3 is 9.88 Å². The summed E-state index contributed by atoms with van der Waals surface area (Å²) in [4.78, 5) is 22.3. The van der Waals surface area contributed by atoms with Crippen molar-refractivity contribution in [3.63, 3.8) is 0 Å². The van der Waals surface area contributed by atoms with Gasteiger partial charge in [0.1, 0.15) is 5.82 Å². The van der Waals surface area contributed by atoms with Gasteiger partial charge in [0.05, 0.1) is 17.9 Å². The highest BCUT2D eigenvalue weighted by atomic mass is 79.9. The molecule has 0 spiro atoms. The maximum atomic E-state index is 12.6. The van der Waals surface area contributed by atoms with Gasteiger partial charge in [0.2, 0.25) is 0 Å². The summed E-state index contributed by atoms with van der Waals surface area (Å²) >= 11 is 3.44. The minimum Gasteiger partial charge on any atom is -0.340 e. The molecule has 1 unspecified atom stereocenters. The van der Waals surface area contributed by atoms with Gasteiger partial charge in [-0.1, -0.05) is 28.1 Å². The zero-order valence-corrected chi connectivity index (χ0v) is 15.5. The summed E-state index contributed by atoms with van der Waals surface area (Å²) in [5, 5.41) is 1.29. The summed E-state index contributed by atoms with van der Waals surface area (Å²) in [6.07, 6.45) is 3.67. The third-order valence-electron chi connectivity index (χ3n) is 4.34.